The normalized spacial score (nSPS) is 17.0. The van der Waals surface area contributed by atoms with Gasteiger partial charge in [-0.15, -0.1) is 0 Å². The van der Waals surface area contributed by atoms with Gasteiger partial charge < -0.3 is 10.1 Å². The zero-order chi connectivity index (χ0) is 15.1. The van der Waals surface area contributed by atoms with Gasteiger partial charge in [0.2, 0.25) is 5.91 Å². The van der Waals surface area contributed by atoms with Crippen LogP contribution in [0.25, 0.3) is 0 Å². The molecule has 1 aliphatic rings. The third kappa shape index (κ3) is 4.31. The van der Waals surface area contributed by atoms with Crippen LogP contribution in [-0.2, 0) is 14.3 Å². The van der Waals surface area contributed by atoms with E-state index in [-0.39, 0.29) is 11.8 Å². The van der Waals surface area contributed by atoms with E-state index in [0.29, 0.717) is 12.3 Å². The lowest BCUT2D eigenvalue weighted by Crippen LogP contribution is -2.37. The summed E-state index contributed by atoms with van der Waals surface area (Å²) in [7, 11) is 0. The van der Waals surface area contributed by atoms with Crippen molar-refractivity contribution in [2.24, 2.45) is 11.8 Å². The molecule has 1 N–H and O–H groups in total. The smallest absolute Gasteiger partial charge is 0.318 e. The molecule has 0 saturated heterocycles. The molecule has 0 bridgehead atoms. The van der Waals surface area contributed by atoms with Gasteiger partial charge in [0.25, 0.3) is 0 Å². The number of esters is 1. The molecule has 0 unspecified atom stereocenters. The van der Waals surface area contributed by atoms with Crippen molar-refractivity contribution < 1.29 is 14.3 Å². The number of rotatable bonds is 5. The van der Waals surface area contributed by atoms with Crippen LogP contribution in [0.5, 0.6) is 0 Å². The number of hydrogen-bond donors (Lipinski definition) is 1. The van der Waals surface area contributed by atoms with Gasteiger partial charge in [-0.05, 0) is 37.8 Å². The Morgan fingerprint density at radius 1 is 1.19 bits per heavy atom. The summed E-state index contributed by atoms with van der Waals surface area (Å²) in [5.74, 6) is -1.23. The van der Waals surface area contributed by atoms with Crippen LogP contribution in [0.2, 0.25) is 0 Å². The summed E-state index contributed by atoms with van der Waals surface area (Å²) in [4.78, 5) is 24.7. The van der Waals surface area contributed by atoms with E-state index in [1.807, 2.05) is 30.3 Å². The first-order valence-electron chi connectivity index (χ1n) is 7.75. The number of carbonyl (C=O) groups excluding carboxylic acids is 2. The van der Waals surface area contributed by atoms with E-state index in [9.17, 15) is 9.59 Å². The molecule has 21 heavy (non-hydrogen) atoms. The second kappa shape index (κ2) is 7.81. The average Bonchev–Trinajstić information content (AvgIpc) is 2.50. The monoisotopic (exact) mass is 289 g/mol. The molecule has 0 spiro atoms. The number of carbonyl (C=O) groups is 2. The summed E-state index contributed by atoms with van der Waals surface area (Å²) in [5, 5.41) is 2.84. The third-order valence-electron chi connectivity index (χ3n) is 3.99. The second-order valence-electron chi connectivity index (χ2n) is 5.48. The zero-order valence-corrected chi connectivity index (χ0v) is 12.5. The molecule has 1 aromatic rings. The van der Waals surface area contributed by atoms with Crippen LogP contribution in [0, 0.1) is 11.8 Å². The highest BCUT2D eigenvalue weighted by molar-refractivity contribution is 6.05. The van der Waals surface area contributed by atoms with Crippen molar-refractivity contribution in [2.75, 3.05) is 11.9 Å². The highest BCUT2D eigenvalue weighted by atomic mass is 16.5. The molecule has 4 nitrogen and oxygen atoms in total. The van der Waals surface area contributed by atoms with E-state index >= 15 is 0 Å². The lowest BCUT2D eigenvalue weighted by molar-refractivity contribution is -0.153. The first kappa shape index (κ1) is 15.5. The number of hydrogen-bond acceptors (Lipinski definition) is 3. The van der Waals surface area contributed by atoms with Crippen molar-refractivity contribution in [3.05, 3.63) is 30.3 Å². The maximum Gasteiger partial charge on any atom is 0.318 e. The van der Waals surface area contributed by atoms with Crippen LogP contribution in [0.1, 0.15) is 39.0 Å². The SMILES string of the molecule is CCOC(=O)[C@@H](C(=O)Nc1ccccc1)C1CCCCC1. The molecule has 0 aliphatic heterocycles. The summed E-state index contributed by atoms with van der Waals surface area (Å²) in [6.07, 6.45) is 5.20. The second-order valence-corrected chi connectivity index (χ2v) is 5.48. The van der Waals surface area contributed by atoms with Crippen molar-refractivity contribution in [1.82, 2.24) is 0 Å². The highest BCUT2D eigenvalue weighted by Crippen LogP contribution is 2.31. The number of nitrogens with one attached hydrogen (secondary N) is 1. The minimum absolute atomic E-state index is 0.0986. The fourth-order valence-electron chi connectivity index (χ4n) is 2.95. The van der Waals surface area contributed by atoms with Crippen LogP contribution < -0.4 is 5.32 Å². The molecule has 0 heterocycles. The van der Waals surface area contributed by atoms with Crippen molar-refractivity contribution in [2.45, 2.75) is 39.0 Å². The maximum absolute atomic E-state index is 12.5. The van der Waals surface area contributed by atoms with Gasteiger partial charge in [-0.25, -0.2) is 0 Å². The molecule has 1 amide bonds. The van der Waals surface area contributed by atoms with Gasteiger partial charge in [0, 0.05) is 5.69 Å². The van der Waals surface area contributed by atoms with Gasteiger partial charge >= 0.3 is 5.97 Å². The third-order valence-corrected chi connectivity index (χ3v) is 3.99. The van der Waals surface area contributed by atoms with Crippen LogP contribution in [0.3, 0.4) is 0 Å². The molecular formula is C17H23NO3. The molecule has 1 atom stereocenters. The van der Waals surface area contributed by atoms with E-state index in [2.05, 4.69) is 5.32 Å². The first-order chi connectivity index (χ1) is 10.2. The minimum atomic E-state index is -0.689. The lowest BCUT2D eigenvalue weighted by Gasteiger charge is -2.27. The predicted octanol–water partition coefficient (Wildman–Crippen LogP) is 3.38. The number of amides is 1. The molecule has 4 heteroatoms. The standard InChI is InChI=1S/C17H23NO3/c1-2-21-17(20)15(13-9-5-3-6-10-13)16(19)18-14-11-7-4-8-12-14/h4,7-8,11-13,15H,2-3,5-6,9-10H2,1H3,(H,18,19)/t15-/m1/s1. The quantitative estimate of drug-likeness (QED) is 0.668. The summed E-state index contributed by atoms with van der Waals surface area (Å²) < 4.78 is 5.12. The van der Waals surface area contributed by atoms with Crippen molar-refractivity contribution in [1.29, 1.82) is 0 Å². The summed E-state index contributed by atoms with van der Waals surface area (Å²) in [5.41, 5.74) is 0.715. The van der Waals surface area contributed by atoms with Crippen LogP contribution in [0.4, 0.5) is 5.69 Å². The number of ether oxygens (including phenoxy) is 1. The van der Waals surface area contributed by atoms with Crippen molar-refractivity contribution in [3.63, 3.8) is 0 Å². The van der Waals surface area contributed by atoms with Gasteiger partial charge in [-0.3, -0.25) is 9.59 Å². The Morgan fingerprint density at radius 3 is 2.48 bits per heavy atom. The van der Waals surface area contributed by atoms with Crippen molar-refractivity contribution in [3.8, 4) is 0 Å². The largest absolute Gasteiger partial charge is 0.465 e. The minimum Gasteiger partial charge on any atom is -0.465 e. The lowest BCUT2D eigenvalue weighted by atomic mass is 9.79. The fraction of sp³-hybridized carbons (Fsp3) is 0.529. The van der Waals surface area contributed by atoms with Gasteiger partial charge in [0.05, 0.1) is 6.61 Å². The van der Waals surface area contributed by atoms with Gasteiger partial charge in [0.15, 0.2) is 0 Å². The molecule has 1 aliphatic carbocycles. The number of para-hydroxylation sites is 1. The maximum atomic E-state index is 12.5. The number of anilines is 1. The molecule has 0 aromatic heterocycles. The first-order valence-corrected chi connectivity index (χ1v) is 7.75. The Morgan fingerprint density at radius 2 is 1.86 bits per heavy atom. The molecule has 2 rings (SSSR count). The van der Waals surface area contributed by atoms with Gasteiger partial charge in [-0.2, -0.15) is 0 Å². The van der Waals surface area contributed by atoms with E-state index in [0.717, 1.165) is 25.7 Å². The van der Waals surface area contributed by atoms with Crippen LogP contribution in [0.15, 0.2) is 30.3 Å². The molecule has 0 radical (unpaired) electrons. The van der Waals surface area contributed by atoms with Crippen LogP contribution in [-0.4, -0.2) is 18.5 Å². The van der Waals surface area contributed by atoms with Gasteiger partial charge in [-0.1, -0.05) is 37.5 Å². The topological polar surface area (TPSA) is 55.4 Å². The Labute approximate surface area is 125 Å². The van der Waals surface area contributed by atoms with E-state index in [4.69, 9.17) is 4.74 Å². The molecular weight excluding hydrogens is 266 g/mol. The molecule has 1 fully saturated rings. The van der Waals surface area contributed by atoms with E-state index in [1.54, 1.807) is 6.92 Å². The Kier molecular flexibility index (Phi) is 5.78. The van der Waals surface area contributed by atoms with E-state index < -0.39 is 11.9 Å². The summed E-state index contributed by atoms with van der Waals surface area (Å²) >= 11 is 0. The average molecular weight is 289 g/mol. The van der Waals surface area contributed by atoms with Crippen molar-refractivity contribution >= 4 is 17.6 Å². The highest BCUT2D eigenvalue weighted by Gasteiger charge is 2.36. The summed E-state index contributed by atoms with van der Waals surface area (Å²) in [6, 6.07) is 9.24. The van der Waals surface area contributed by atoms with Gasteiger partial charge in [0.1, 0.15) is 5.92 Å². The Bertz CT molecular complexity index is 466. The molecule has 1 aromatic carbocycles. The zero-order valence-electron chi connectivity index (χ0n) is 12.5. The molecule has 114 valence electrons. The van der Waals surface area contributed by atoms with Crippen LogP contribution >= 0.6 is 0 Å². The summed E-state index contributed by atoms with van der Waals surface area (Å²) in [6.45, 7) is 2.08. The molecule has 1 saturated carbocycles. The number of benzene rings is 1. The Balaban J connectivity index is 2.09. The van der Waals surface area contributed by atoms with E-state index in [1.165, 1.54) is 6.42 Å². The fourth-order valence-corrected chi connectivity index (χ4v) is 2.95. The predicted molar refractivity (Wildman–Crippen MR) is 81.8 cm³/mol. The Hall–Kier alpha value is -1.84.